The van der Waals surface area contributed by atoms with Gasteiger partial charge in [-0.15, -0.1) is 0 Å². The molecule has 4 N–H and O–H groups in total. The van der Waals surface area contributed by atoms with Gasteiger partial charge in [-0.2, -0.15) is 0 Å². The number of benzene rings is 1. The lowest BCUT2D eigenvalue weighted by Crippen LogP contribution is -2.36. The topological polar surface area (TPSA) is 78.6 Å². The second-order valence-electron chi connectivity index (χ2n) is 5.46. The number of piperidine rings is 1. The molecule has 0 spiro atoms. The molecular weight excluding hydrogens is 273 g/mol. The zero-order valence-corrected chi connectivity index (χ0v) is 12.0. The monoisotopic (exact) mass is 295 g/mol. The van der Waals surface area contributed by atoms with Crippen molar-refractivity contribution in [3.05, 3.63) is 24.0 Å². The van der Waals surface area contributed by atoms with Crippen LogP contribution < -0.4 is 11.1 Å². The van der Waals surface area contributed by atoms with Gasteiger partial charge in [-0.05, 0) is 44.0 Å². The smallest absolute Gasteiger partial charge is 0.224 e. The number of rotatable bonds is 5. The molecule has 1 fully saturated rings. The molecular formula is C15H22FN3O2. The Morgan fingerprint density at radius 3 is 2.81 bits per heavy atom. The minimum absolute atomic E-state index is 0.0275. The Bertz CT molecular complexity index is 488. The van der Waals surface area contributed by atoms with Crippen molar-refractivity contribution < 1.29 is 14.3 Å². The van der Waals surface area contributed by atoms with E-state index in [-0.39, 0.29) is 17.7 Å². The lowest BCUT2D eigenvalue weighted by molar-refractivity contribution is -0.116. The Hall–Kier alpha value is -1.66. The van der Waals surface area contributed by atoms with Crippen molar-refractivity contribution in [3.63, 3.8) is 0 Å². The number of nitrogens with one attached hydrogen (secondary N) is 1. The van der Waals surface area contributed by atoms with Gasteiger partial charge in [-0.1, -0.05) is 0 Å². The van der Waals surface area contributed by atoms with Crippen LogP contribution in [0.4, 0.5) is 15.8 Å². The van der Waals surface area contributed by atoms with Crippen molar-refractivity contribution in [1.82, 2.24) is 4.90 Å². The van der Waals surface area contributed by atoms with Crippen LogP contribution in [0.1, 0.15) is 25.7 Å². The Labute approximate surface area is 123 Å². The van der Waals surface area contributed by atoms with Gasteiger partial charge in [0.2, 0.25) is 5.91 Å². The molecule has 1 aliphatic heterocycles. The first-order chi connectivity index (χ1) is 10.0. The predicted molar refractivity (Wildman–Crippen MR) is 80.4 cm³/mol. The number of amides is 1. The van der Waals surface area contributed by atoms with Crippen LogP contribution in [0.2, 0.25) is 0 Å². The minimum atomic E-state index is -0.486. The Morgan fingerprint density at radius 2 is 2.14 bits per heavy atom. The summed E-state index contributed by atoms with van der Waals surface area (Å²) in [6, 6.07) is 4.15. The second-order valence-corrected chi connectivity index (χ2v) is 5.46. The molecule has 1 aromatic carbocycles. The fourth-order valence-corrected chi connectivity index (χ4v) is 2.45. The van der Waals surface area contributed by atoms with E-state index < -0.39 is 5.82 Å². The fourth-order valence-electron chi connectivity index (χ4n) is 2.45. The zero-order valence-electron chi connectivity index (χ0n) is 12.0. The van der Waals surface area contributed by atoms with E-state index in [4.69, 9.17) is 5.73 Å². The predicted octanol–water partition coefficient (Wildman–Crippen LogP) is 1.58. The summed E-state index contributed by atoms with van der Waals surface area (Å²) in [5, 5.41) is 12.1. The first-order valence-electron chi connectivity index (χ1n) is 7.30. The maximum Gasteiger partial charge on any atom is 0.224 e. The number of hydrogen-bond acceptors (Lipinski definition) is 4. The maximum absolute atomic E-state index is 13.0. The normalized spacial score (nSPS) is 16.9. The molecule has 0 bridgehead atoms. The van der Waals surface area contributed by atoms with Gasteiger partial charge in [0.25, 0.3) is 0 Å². The third-order valence-corrected chi connectivity index (χ3v) is 3.72. The maximum atomic E-state index is 13.0. The molecule has 0 aromatic heterocycles. The van der Waals surface area contributed by atoms with Gasteiger partial charge in [0.15, 0.2) is 0 Å². The molecule has 0 saturated carbocycles. The van der Waals surface area contributed by atoms with E-state index in [0.717, 1.165) is 38.9 Å². The number of likely N-dealkylation sites (tertiary alicyclic amines) is 1. The van der Waals surface area contributed by atoms with E-state index in [1.165, 1.54) is 18.2 Å². The number of nitrogen functional groups attached to an aromatic ring is 1. The SMILES string of the molecule is Nc1cc(NC(=O)CCCN2CCC(O)CC2)ccc1F. The van der Waals surface area contributed by atoms with E-state index >= 15 is 0 Å². The summed E-state index contributed by atoms with van der Waals surface area (Å²) in [6.45, 7) is 2.63. The number of carbonyl (C=O) groups excluding carboxylic acids is 1. The molecule has 0 aliphatic carbocycles. The van der Waals surface area contributed by atoms with Crippen LogP contribution in [0.5, 0.6) is 0 Å². The summed E-state index contributed by atoms with van der Waals surface area (Å²) in [5.41, 5.74) is 5.99. The summed E-state index contributed by atoms with van der Waals surface area (Å²) in [6.07, 6.45) is 2.62. The van der Waals surface area contributed by atoms with Gasteiger partial charge in [-0.3, -0.25) is 4.79 Å². The highest BCUT2D eigenvalue weighted by atomic mass is 19.1. The Morgan fingerprint density at radius 1 is 1.43 bits per heavy atom. The number of hydrogen-bond donors (Lipinski definition) is 3. The van der Waals surface area contributed by atoms with Crippen LogP contribution in [0.25, 0.3) is 0 Å². The quantitative estimate of drug-likeness (QED) is 0.721. The molecule has 2 rings (SSSR count). The van der Waals surface area contributed by atoms with E-state index in [0.29, 0.717) is 12.1 Å². The van der Waals surface area contributed by atoms with Gasteiger partial charge >= 0.3 is 0 Å². The summed E-state index contributed by atoms with van der Waals surface area (Å²) in [4.78, 5) is 14.1. The van der Waals surface area contributed by atoms with Gasteiger partial charge in [0.1, 0.15) is 5.82 Å². The zero-order chi connectivity index (χ0) is 15.2. The second kappa shape index (κ2) is 7.38. The van der Waals surface area contributed by atoms with E-state index in [1.807, 2.05) is 0 Å². The number of aliphatic hydroxyl groups excluding tert-OH is 1. The van der Waals surface area contributed by atoms with Gasteiger partial charge in [0.05, 0.1) is 11.8 Å². The van der Waals surface area contributed by atoms with E-state index in [2.05, 4.69) is 10.2 Å². The molecule has 1 amide bonds. The van der Waals surface area contributed by atoms with Crippen LogP contribution in [0.15, 0.2) is 18.2 Å². The lowest BCUT2D eigenvalue weighted by atomic mass is 10.1. The van der Waals surface area contributed by atoms with Crippen LogP contribution in [-0.2, 0) is 4.79 Å². The highest BCUT2D eigenvalue weighted by Crippen LogP contribution is 2.16. The number of anilines is 2. The van der Waals surface area contributed by atoms with Crippen molar-refractivity contribution in [2.24, 2.45) is 0 Å². The summed E-state index contributed by atoms with van der Waals surface area (Å²) >= 11 is 0. The van der Waals surface area contributed by atoms with Gasteiger partial charge < -0.3 is 21.1 Å². The van der Waals surface area contributed by atoms with Crippen molar-refractivity contribution in [2.75, 3.05) is 30.7 Å². The Kier molecular flexibility index (Phi) is 5.52. The summed E-state index contributed by atoms with van der Waals surface area (Å²) in [7, 11) is 0. The molecule has 0 unspecified atom stereocenters. The fraction of sp³-hybridized carbons (Fsp3) is 0.533. The highest BCUT2D eigenvalue weighted by molar-refractivity contribution is 5.91. The average Bonchev–Trinajstić information content (AvgIpc) is 2.45. The van der Waals surface area contributed by atoms with E-state index in [9.17, 15) is 14.3 Å². The summed E-state index contributed by atoms with van der Waals surface area (Å²) < 4.78 is 13.0. The van der Waals surface area contributed by atoms with Gasteiger partial charge in [0, 0.05) is 25.2 Å². The first-order valence-corrected chi connectivity index (χ1v) is 7.30. The van der Waals surface area contributed by atoms with Crippen molar-refractivity contribution in [1.29, 1.82) is 0 Å². The first kappa shape index (κ1) is 15.7. The highest BCUT2D eigenvalue weighted by Gasteiger charge is 2.16. The number of aliphatic hydroxyl groups is 1. The molecule has 1 aliphatic rings. The van der Waals surface area contributed by atoms with Gasteiger partial charge in [-0.25, -0.2) is 4.39 Å². The molecule has 0 radical (unpaired) electrons. The van der Waals surface area contributed by atoms with Crippen molar-refractivity contribution in [2.45, 2.75) is 31.8 Å². The molecule has 1 saturated heterocycles. The number of carbonyl (C=O) groups is 1. The van der Waals surface area contributed by atoms with Crippen molar-refractivity contribution >= 4 is 17.3 Å². The van der Waals surface area contributed by atoms with Crippen molar-refractivity contribution in [3.8, 4) is 0 Å². The standard InChI is InChI=1S/C15H22FN3O2/c16-13-4-3-11(10-14(13)17)18-15(21)2-1-7-19-8-5-12(20)6-9-19/h3-4,10,12,20H,1-2,5-9,17H2,(H,18,21). The molecule has 6 heteroatoms. The third-order valence-electron chi connectivity index (χ3n) is 3.72. The molecule has 21 heavy (non-hydrogen) atoms. The molecule has 116 valence electrons. The number of halogens is 1. The number of nitrogens with zero attached hydrogens (tertiary/aromatic N) is 1. The summed E-state index contributed by atoms with van der Waals surface area (Å²) in [5.74, 6) is -0.585. The Balaban J connectivity index is 1.68. The molecule has 0 atom stereocenters. The van der Waals surface area contributed by atoms with Crippen LogP contribution >= 0.6 is 0 Å². The average molecular weight is 295 g/mol. The largest absolute Gasteiger partial charge is 0.396 e. The third kappa shape index (κ3) is 4.99. The van der Waals surface area contributed by atoms with Crippen LogP contribution in [-0.4, -0.2) is 41.7 Å². The molecule has 1 heterocycles. The van der Waals surface area contributed by atoms with Crippen LogP contribution in [0.3, 0.4) is 0 Å². The number of nitrogens with two attached hydrogens (primary N) is 1. The molecule has 5 nitrogen and oxygen atoms in total. The minimum Gasteiger partial charge on any atom is -0.396 e. The van der Waals surface area contributed by atoms with Crippen LogP contribution in [0, 0.1) is 5.82 Å². The molecule has 1 aromatic rings. The van der Waals surface area contributed by atoms with E-state index in [1.54, 1.807) is 0 Å². The lowest BCUT2D eigenvalue weighted by Gasteiger charge is -2.29.